The number of pyridine rings is 1. The van der Waals surface area contributed by atoms with Gasteiger partial charge in [-0.25, -0.2) is 0 Å². The minimum atomic E-state index is -2.24. The second-order valence-corrected chi connectivity index (χ2v) is 6.88. The summed E-state index contributed by atoms with van der Waals surface area (Å²) in [7, 11) is 0. The van der Waals surface area contributed by atoms with E-state index in [1.165, 1.54) is 11.8 Å². The maximum Gasteiger partial charge on any atom is 0.0708 e. The van der Waals surface area contributed by atoms with E-state index < -0.39 is 6.85 Å². The molecule has 0 unspecified atom stereocenters. The minimum absolute atomic E-state index is 0.272. The lowest BCUT2D eigenvalue weighted by Gasteiger charge is -2.13. The maximum absolute atomic E-state index is 8.00. The van der Waals surface area contributed by atoms with Crippen LogP contribution in [0.2, 0.25) is 0 Å². The van der Waals surface area contributed by atoms with Crippen LogP contribution in [0, 0.1) is 20.7 Å². The molecule has 0 fully saturated rings. The molecule has 3 aromatic carbocycles. The molecule has 0 aliphatic carbocycles. The standard InChI is InChI=1S/C26H23N/c1-18-9-11-21(12-10-18)23-13-14-24(19(2)15-23)25-16-26(27-17-20(25)3)22-7-5-4-6-8-22/h4-17H,1-3H3/i3D3. The zero-order valence-corrected chi connectivity index (χ0v) is 15.5. The van der Waals surface area contributed by atoms with E-state index in [1.807, 2.05) is 49.4 Å². The number of rotatable bonds is 3. The average molecular weight is 352 g/mol. The second kappa shape index (κ2) is 7.20. The van der Waals surface area contributed by atoms with Crippen molar-refractivity contribution in [1.82, 2.24) is 4.98 Å². The van der Waals surface area contributed by atoms with Gasteiger partial charge in [-0.15, -0.1) is 0 Å². The molecule has 0 radical (unpaired) electrons. The summed E-state index contributed by atoms with van der Waals surface area (Å²) in [6, 6.07) is 26.3. The zero-order valence-electron chi connectivity index (χ0n) is 18.5. The highest BCUT2D eigenvalue weighted by molar-refractivity contribution is 5.78. The topological polar surface area (TPSA) is 12.9 Å². The van der Waals surface area contributed by atoms with Crippen LogP contribution >= 0.6 is 0 Å². The van der Waals surface area contributed by atoms with Crippen molar-refractivity contribution in [2.45, 2.75) is 20.7 Å². The molecule has 1 aromatic heterocycles. The normalized spacial score (nSPS) is 12.9. The van der Waals surface area contributed by atoms with Gasteiger partial charge in [-0.2, -0.15) is 0 Å². The first-order valence-corrected chi connectivity index (χ1v) is 9.07. The second-order valence-electron chi connectivity index (χ2n) is 6.88. The van der Waals surface area contributed by atoms with Gasteiger partial charge < -0.3 is 0 Å². The Morgan fingerprint density at radius 2 is 1.41 bits per heavy atom. The van der Waals surface area contributed by atoms with Gasteiger partial charge in [0.2, 0.25) is 0 Å². The Balaban J connectivity index is 1.84. The van der Waals surface area contributed by atoms with Crippen molar-refractivity contribution in [3.05, 3.63) is 102 Å². The highest BCUT2D eigenvalue weighted by Crippen LogP contribution is 2.32. The summed E-state index contributed by atoms with van der Waals surface area (Å²) in [5.41, 5.74) is 8.13. The van der Waals surface area contributed by atoms with Crippen LogP contribution in [-0.2, 0) is 0 Å². The van der Waals surface area contributed by atoms with E-state index in [9.17, 15) is 0 Å². The maximum atomic E-state index is 8.00. The predicted octanol–water partition coefficient (Wildman–Crippen LogP) is 7.01. The number of benzene rings is 3. The Morgan fingerprint density at radius 1 is 0.667 bits per heavy atom. The van der Waals surface area contributed by atoms with Crippen molar-refractivity contribution >= 4 is 0 Å². The SMILES string of the molecule is [2H]C([2H])([2H])c1cnc(-c2ccccc2)cc1-c1ccc(-c2ccc(C)cc2)cc1C. The summed E-state index contributed by atoms with van der Waals surface area (Å²) in [6.07, 6.45) is 1.50. The van der Waals surface area contributed by atoms with Gasteiger partial charge in [0.05, 0.1) is 5.69 Å². The van der Waals surface area contributed by atoms with Crippen molar-refractivity contribution in [1.29, 1.82) is 0 Å². The fourth-order valence-corrected chi connectivity index (χ4v) is 3.34. The first-order chi connectivity index (χ1) is 14.3. The van der Waals surface area contributed by atoms with Crippen LogP contribution in [0.25, 0.3) is 33.5 Å². The van der Waals surface area contributed by atoms with E-state index >= 15 is 0 Å². The molecule has 27 heavy (non-hydrogen) atoms. The van der Waals surface area contributed by atoms with E-state index in [1.54, 1.807) is 0 Å². The molecule has 4 rings (SSSR count). The van der Waals surface area contributed by atoms with Gasteiger partial charge >= 0.3 is 0 Å². The van der Waals surface area contributed by atoms with Crippen molar-refractivity contribution in [2.24, 2.45) is 0 Å². The quantitative estimate of drug-likeness (QED) is 0.386. The lowest BCUT2D eigenvalue weighted by molar-refractivity contribution is 1.26. The van der Waals surface area contributed by atoms with E-state index in [0.717, 1.165) is 33.5 Å². The largest absolute Gasteiger partial charge is 0.256 e. The molecule has 0 N–H and O–H groups in total. The van der Waals surface area contributed by atoms with Crippen LogP contribution < -0.4 is 0 Å². The third kappa shape index (κ3) is 3.54. The van der Waals surface area contributed by atoms with E-state index in [2.05, 4.69) is 48.3 Å². The van der Waals surface area contributed by atoms with Crippen LogP contribution in [0.5, 0.6) is 0 Å². The van der Waals surface area contributed by atoms with Gasteiger partial charge in [0.15, 0.2) is 0 Å². The lowest BCUT2D eigenvalue weighted by atomic mass is 9.93. The molecule has 4 aromatic rings. The number of hydrogen-bond donors (Lipinski definition) is 0. The Morgan fingerprint density at radius 3 is 2.11 bits per heavy atom. The Labute approximate surface area is 165 Å². The van der Waals surface area contributed by atoms with Crippen LogP contribution in [-0.4, -0.2) is 4.98 Å². The number of hydrogen-bond acceptors (Lipinski definition) is 1. The van der Waals surface area contributed by atoms with Crippen LogP contribution in [0.1, 0.15) is 20.8 Å². The molecule has 0 aliphatic rings. The van der Waals surface area contributed by atoms with Crippen LogP contribution in [0.4, 0.5) is 0 Å². The fourth-order valence-electron chi connectivity index (χ4n) is 3.34. The number of aromatic nitrogens is 1. The summed E-state index contributed by atoms with van der Waals surface area (Å²) >= 11 is 0. The Hall–Kier alpha value is -3.19. The molecule has 1 nitrogen and oxygen atoms in total. The van der Waals surface area contributed by atoms with Gasteiger partial charge in [0.25, 0.3) is 0 Å². The van der Waals surface area contributed by atoms with Crippen LogP contribution in [0.3, 0.4) is 0 Å². The molecule has 0 saturated carbocycles. The van der Waals surface area contributed by atoms with Crippen LogP contribution in [0.15, 0.2) is 85.1 Å². The minimum Gasteiger partial charge on any atom is -0.256 e. The first-order valence-electron chi connectivity index (χ1n) is 10.6. The number of aryl methyl sites for hydroxylation is 3. The van der Waals surface area contributed by atoms with Crippen molar-refractivity contribution in [3.8, 4) is 33.5 Å². The summed E-state index contributed by atoms with van der Waals surface area (Å²) in [4.78, 5) is 4.44. The van der Waals surface area contributed by atoms with Crippen molar-refractivity contribution in [2.75, 3.05) is 0 Å². The molecule has 1 heterocycles. The average Bonchev–Trinajstić information content (AvgIpc) is 2.74. The van der Waals surface area contributed by atoms with Gasteiger partial charge in [-0.1, -0.05) is 78.4 Å². The van der Waals surface area contributed by atoms with Crippen molar-refractivity contribution < 1.29 is 4.11 Å². The summed E-state index contributed by atoms with van der Waals surface area (Å²) in [5, 5.41) is 0. The molecule has 0 saturated heterocycles. The molecule has 132 valence electrons. The third-order valence-corrected chi connectivity index (χ3v) is 4.87. The summed E-state index contributed by atoms with van der Waals surface area (Å²) in [6.45, 7) is 1.86. The molecular formula is C26H23N. The summed E-state index contributed by atoms with van der Waals surface area (Å²) in [5.74, 6) is 0. The van der Waals surface area contributed by atoms with E-state index in [0.29, 0.717) is 5.56 Å². The lowest BCUT2D eigenvalue weighted by Crippen LogP contribution is -1.92. The van der Waals surface area contributed by atoms with Gasteiger partial charge in [-0.05, 0) is 60.1 Å². The van der Waals surface area contributed by atoms with Gasteiger partial charge in [0, 0.05) is 15.9 Å². The Bertz CT molecular complexity index is 1180. The van der Waals surface area contributed by atoms with Gasteiger partial charge in [-0.3, -0.25) is 4.98 Å². The predicted molar refractivity (Wildman–Crippen MR) is 115 cm³/mol. The highest BCUT2D eigenvalue weighted by Gasteiger charge is 2.10. The molecular weight excluding hydrogens is 326 g/mol. The monoisotopic (exact) mass is 352 g/mol. The van der Waals surface area contributed by atoms with Crippen molar-refractivity contribution in [3.63, 3.8) is 0 Å². The highest BCUT2D eigenvalue weighted by atomic mass is 14.7. The fraction of sp³-hybridized carbons (Fsp3) is 0.115. The van der Waals surface area contributed by atoms with Gasteiger partial charge in [0.1, 0.15) is 0 Å². The molecule has 0 bridgehead atoms. The molecule has 0 aliphatic heterocycles. The molecule has 0 spiro atoms. The molecule has 0 atom stereocenters. The molecule has 0 amide bonds. The van der Waals surface area contributed by atoms with E-state index in [-0.39, 0.29) is 5.56 Å². The third-order valence-electron chi connectivity index (χ3n) is 4.87. The number of nitrogens with zero attached hydrogens (tertiary/aromatic N) is 1. The zero-order chi connectivity index (χ0) is 21.3. The smallest absolute Gasteiger partial charge is 0.0708 e. The Kier molecular flexibility index (Phi) is 3.72. The molecule has 1 heteroatoms. The summed E-state index contributed by atoms with van der Waals surface area (Å²) < 4.78 is 24.0. The van der Waals surface area contributed by atoms with E-state index in [4.69, 9.17) is 4.11 Å². The first kappa shape index (κ1) is 13.9.